The van der Waals surface area contributed by atoms with Crippen LogP contribution in [-0.4, -0.2) is 51.0 Å². The second-order valence-corrected chi connectivity index (χ2v) is 8.28. The Balaban J connectivity index is 1.41. The Kier molecular flexibility index (Phi) is 8.28. The molecule has 6 nitrogen and oxygen atoms in total. The molecule has 7 heteroatoms. The zero-order chi connectivity index (χ0) is 21.3. The molecular formula is C23H31N3O3S. The van der Waals surface area contributed by atoms with Crippen LogP contribution in [0.3, 0.4) is 0 Å². The van der Waals surface area contributed by atoms with Gasteiger partial charge in [-0.25, -0.2) is 4.79 Å². The molecular weight excluding hydrogens is 398 g/mol. The number of hydrogen-bond acceptors (Lipinski definition) is 5. The van der Waals surface area contributed by atoms with Gasteiger partial charge in [-0.1, -0.05) is 18.2 Å². The number of urea groups is 1. The number of nitrogens with one attached hydrogen (secondary N) is 2. The molecule has 0 unspecified atom stereocenters. The lowest BCUT2D eigenvalue weighted by atomic mass is 9.96. The highest BCUT2D eigenvalue weighted by Gasteiger charge is 2.20. The van der Waals surface area contributed by atoms with Crippen molar-refractivity contribution in [3.05, 3.63) is 48.0 Å². The molecule has 0 radical (unpaired) electrons. The van der Waals surface area contributed by atoms with E-state index in [2.05, 4.69) is 46.1 Å². The quantitative estimate of drug-likeness (QED) is 0.607. The SMILES string of the molecule is COc1ccc(NC(=O)NCC2CCN(Cc3ccccc3SC)CC2)cc1OC. The smallest absolute Gasteiger partial charge is 0.319 e. The van der Waals surface area contributed by atoms with Gasteiger partial charge in [-0.15, -0.1) is 11.8 Å². The Hall–Kier alpha value is -2.38. The third-order valence-corrected chi connectivity index (χ3v) is 6.32. The minimum atomic E-state index is -0.196. The first kappa shape index (κ1) is 22.3. The van der Waals surface area contributed by atoms with E-state index in [0.29, 0.717) is 29.6 Å². The second-order valence-electron chi connectivity index (χ2n) is 7.44. The number of piperidine rings is 1. The summed E-state index contributed by atoms with van der Waals surface area (Å²) in [5.74, 6) is 1.73. The largest absolute Gasteiger partial charge is 0.493 e. The van der Waals surface area contributed by atoms with E-state index in [4.69, 9.17) is 9.47 Å². The van der Waals surface area contributed by atoms with E-state index in [1.54, 1.807) is 44.2 Å². The molecule has 162 valence electrons. The van der Waals surface area contributed by atoms with Crippen molar-refractivity contribution >= 4 is 23.5 Å². The van der Waals surface area contributed by atoms with Crippen LogP contribution in [0.4, 0.5) is 10.5 Å². The zero-order valence-electron chi connectivity index (χ0n) is 17.9. The average molecular weight is 430 g/mol. The summed E-state index contributed by atoms with van der Waals surface area (Å²) in [6.07, 6.45) is 4.32. The van der Waals surface area contributed by atoms with Gasteiger partial charge in [0.15, 0.2) is 11.5 Å². The van der Waals surface area contributed by atoms with Crippen LogP contribution >= 0.6 is 11.8 Å². The number of carbonyl (C=O) groups excluding carboxylic acids is 1. The molecule has 0 saturated carbocycles. The van der Waals surface area contributed by atoms with Crippen LogP contribution in [0.5, 0.6) is 11.5 Å². The van der Waals surface area contributed by atoms with E-state index in [1.807, 2.05) is 0 Å². The monoisotopic (exact) mass is 429 g/mol. The maximum Gasteiger partial charge on any atom is 0.319 e. The van der Waals surface area contributed by atoms with E-state index in [1.165, 1.54) is 10.5 Å². The molecule has 1 aliphatic heterocycles. The van der Waals surface area contributed by atoms with Crippen LogP contribution in [-0.2, 0) is 6.54 Å². The van der Waals surface area contributed by atoms with E-state index in [9.17, 15) is 4.79 Å². The predicted molar refractivity (Wildman–Crippen MR) is 123 cm³/mol. The number of amides is 2. The molecule has 3 rings (SSSR count). The van der Waals surface area contributed by atoms with E-state index in [0.717, 1.165) is 32.5 Å². The highest BCUT2D eigenvalue weighted by atomic mass is 32.2. The summed E-state index contributed by atoms with van der Waals surface area (Å²) < 4.78 is 10.5. The topological polar surface area (TPSA) is 62.8 Å². The summed E-state index contributed by atoms with van der Waals surface area (Å²) in [7, 11) is 3.16. The van der Waals surface area contributed by atoms with E-state index < -0.39 is 0 Å². The first-order valence-corrected chi connectivity index (χ1v) is 11.5. The van der Waals surface area contributed by atoms with Gasteiger partial charge in [-0.3, -0.25) is 4.90 Å². The molecule has 30 heavy (non-hydrogen) atoms. The van der Waals surface area contributed by atoms with E-state index >= 15 is 0 Å². The number of hydrogen-bond donors (Lipinski definition) is 2. The maximum atomic E-state index is 12.3. The summed E-state index contributed by atoms with van der Waals surface area (Å²) in [6.45, 7) is 3.81. The normalized spacial score (nSPS) is 14.9. The summed E-state index contributed by atoms with van der Waals surface area (Å²) in [5.41, 5.74) is 2.07. The summed E-state index contributed by atoms with van der Waals surface area (Å²) >= 11 is 1.80. The Morgan fingerprint density at radius 1 is 1.10 bits per heavy atom. The van der Waals surface area contributed by atoms with Gasteiger partial charge in [0.05, 0.1) is 14.2 Å². The molecule has 2 N–H and O–H groups in total. The van der Waals surface area contributed by atoms with Crippen molar-refractivity contribution in [3.63, 3.8) is 0 Å². The van der Waals surface area contributed by atoms with Crippen LogP contribution in [0.15, 0.2) is 47.4 Å². The summed E-state index contributed by atoms with van der Waals surface area (Å²) in [5, 5.41) is 5.87. The van der Waals surface area contributed by atoms with E-state index in [-0.39, 0.29) is 6.03 Å². The molecule has 2 aromatic carbocycles. The van der Waals surface area contributed by atoms with Crippen molar-refractivity contribution in [2.45, 2.75) is 24.3 Å². The van der Waals surface area contributed by atoms with Crippen molar-refractivity contribution in [1.29, 1.82) is 0 Å². The third kappa shape index (κ3) is 6.06. The van der Waals surface area contributed by atoms with Gasteiger partial charge in [-0.05, 0) is 61.9 Å². The average Bonchev–Trinajstić information content (AvgIpc) is 2.79. The first-order valence-electron chi connectivity index (χ1n) is 10.2. The number of carbonyl (C=O) groups is 1. The molecule has 2 amide bonds. The predicted octanol–water partition coefficient (Wildman–Crippen LogP) is 4.46. The fourth-order valence-corrected chi connectivity index (χ4v) is 4.36. The lowest BCUT2D eigenvalue weighted by Gasteiger charge is -2.32. The number of ether oxygens (including phenoxy) is 2. The van der Waals surface area contributed by atoms with Crippen molar-refractivity contribution < 1.29 is 14.3 Å². The second kappa shape index (κ2) is 11.1. The van der Waals surface area contributed by atoms with Crippen molar-refractivity contribution in [3.8, 4) is 11.5 Å². The van der Waals surface area contributed by atoms with Crippen molar-refractivity contribution in [2.75, 3.05) is 45.4 Å². The Morgan fingerprint density at radius 3 is 2.53 bits per heavy atom. The van der Waals surface area contributed by atoms with Crippen molar-refractivity contribution in [2.24, 2.45) is 5.92 Å². The number of nitrogens with zero attached hydrogens (tertiary/aromatic N) is 1. The Bertz CT molecular complexity index is 838. The van der Waals surface area contributed by atoms with Crippen LogP contribution in [0, 0.1) is 5.92 Å². The van der Waals surface area contributed by atoms with Gasteiger partial charge in [0.1, 0.15) is 0 Å². The Labute approximate surface area is 183 Å². The van der Waals surface area contributed by atoms with Crippen LogP contribution in [0.1, 0.15) is 18.4 Å². The summed E-state index contributed by atoms with van der Waals surface area (Å²) in [6, 6.07) is 13.8. The molecule has 0 atom stereocenters. The van der Waals surface area contributed by atoms with Crippen molar-refractivity contribution in [1.82, 2.24) is 10.2 Å². The Morgan fingerprint density at radius 2 is 1.83 bits per heavy atom. The molecule has 0 aromatic heterocycles. The molecule has 0 bridgehead atoms. The molecule has 1 aliphatic rings. The maximum absolute atomic E-state index is 12.3. The lowest BCUT2D eigenvalue weighted by Crippen LogP contribution is -2.39. The number of thioether (sulfide) groups is 1. The molecule has 1 fully saturated rings. The van der Waals surface area contributed by atoms with Gasteiger partial charge >= 0.3 is 6.03 Å². The number of methoxy groups -OCH3 is 2. The van der Waals surface area contributed by atoms with Gasteiger partial charge in [-0.2, -0.15) is 0 Å². The fourth-order valence-electron chi connectivity index (χ4n) is 3.75. The van der Waals surface area contributed by atoms with Crippen LogP contribution < -0.4 is 20.1 Å². The van der Waals surface area contributed by atoms with Crippen LogP contribution in [0.2, 0.25) is 0 Å². The molecule has 0 spiro atoms. The number of anilines is 1. The third-order valence-electron chi connectivity index (χ3n) is 5.49. The minimum absolute atomic E-state index is 0.196. The molecule has 1 saturated heterocycles. The summed E-state index contributed by atoms with van der Waals surface area (Å²) in [4.78, 5) is 16.1. The number of likely N-dealkylation sites (tertiary alicyclic amines) is 1. The van der Waals surface area contributed by atoms with Gasteiger partial charge in [0, 0.05) is 29.7 Å². The first-order chi connectivity index (χ1) is 14.6. The van der Waals surface area contributed by atoms with Gasteiger partial charge in [0.25, 0.3) is 0 Å². The zero-order valence-corrected chi connectivity index (χ0v) is 18.8. The molecule has 2 aromatic rings. The number of rotatable bonds is 8. The van der Waals surface area contributed by atoms with Gasteiger partial charge in [0.2, 0.25) is 0 Å². The van der Waals surface area contributed by atoms with Crippen LogP contribution in [0.25, 0.3) is 0 Å². The van der Waals surface area contributed by atoms with Gasteiger partial charge < -0.3 is 20.1 Å². The highest BCUT2D eigenvalue weighted by molar-refractivity contribution is 7.98. The molecule has 0 aliphatic carbocycles. The standard InChI is InChI=1S/C23H31N3O3S/c1-28-20-9-8-19(14-21(20)29-2)25-23(27)24-15-17-10-12-26(13-11-17)16-18-6-4-5-7-22(18)30-3/h4-9,14,17H,10-13,15-16H2,1-3H3,(H2,24,25,27). The highest BCUT2D eigenvalue weighted by Crippen LogP contribution is 2.29. The lowest BCUT2D eigenvalue weighted by molar-refractivity contribution is 0.175. The minimum Gasteiger partial charge on any atom is -0.493 e. The number of benzene rings is 2. The fraction of sp³-hybridized carbons (Fsp3) is 0.435. The molecule has 1 heterocycles.